The van der Waals surface area contributed by atoms with E-state index in [-0.39, 0.29) is 5.52 Å². The largest absolute Gasteiger partial charge is 0.487 e. The van der Waals surface area contributed by atoms with E-state index >= 15 is 0 Å². The Morgan fingerprint density at radius 3 is 2.71 bits per heavy atom. The summed E-state index contributed by atoms with van der Waals surface area (Å²) in [6.07, 6.45) is 5.59. The fourth-order valence-electron chi connectivity index (χ4n) is 3.43. The maximum Gasteiger partial charge on any atom is 0.191 e. The number of rotatable bonds is 6. The van der Waals surface area contributed by atoms with E-state index in [2.05, 4.69) is 25.4 Å². The molecule has 1 unspecified atom stereocenters. The summed E-state index contributed by atoms with van der Waals surface area (Å²) in [5.74, 6) is 0.581. The number of thiophene rings is 1. The second-order valence-corrected chi connectivity index (χ2v) is 8.69. The van der Waals surface area contributed by atoms with Gasteiger partial charge in [0.1, 0.15) is 28.6 Å². The molecule has 154 valence electrons. The fraction of sp³-hybridized carbons (Fsp3) is 0.0870. The van der Waals surface area contributed by atoms with E-state index in [4.69, 9.17) is 4.74 Å². The van der Waals surface area contributed by atoms with Crippen LogP contribution in [0.25, 0.3) is 27.2 Å². The number of hydrogen-bond donors (Lipinski definition) is 0. The van der Waals surface area contributed by atoms with Crippen LogP contribution in [0.3, 0.4) is 0 Å². The van der Waals surface area contributed by atoms with Crippen LogP contribution in [0.5, 0.6) is 5.75 Å². The maximum atomic E-state index is 12.2. The molecule has 31 heavy (non-hydrogen) atoms. The Kier molecular flexibility index (Phi) is 5.14. The van der Waals surface area contributed by atoms with Crippen molar-refractivity contribution < 1.29 is 9.53 Å². The molecule has 3 heterocycles. The monoisotopic (exact) mass is 446 g/mol. The molecule has 0 aliphatic carbocycles. The van der Waals surface area contributed by atoms with Crippen molar-refractivity contribution in [2.45, 2.75) is 6.61 Å². The molecule has 0 amide bonds. The van der Waals surface area contributed by atoms with Gasteiger partial charge in [-0.3, -0.25) is 14.0 Å². The number of fused-ring (bicyclic) bond motifs is 1. The van der Waals surface area contributed by atoms with Crippen LogP contribution in [-0.2, 0) is 13.7 Å². The second kappa shape index (κ2) is 8.10. The van der Waals surface area contributed by atoms with Crippen molar-refractivity contribution >= 4 is 37.1 Å². The van der Waals surface area contributed by atoms with Gasteiger partial charge in [0, 0.05) is 24.9 Å². The first-order valence-corrected chi connectivity index (χ1v) is 11.0. The average molecular weight is 446 g/mol. The first kappa shape index (κ1) is 19.7. The molecule has 8 heteroatoms. The number of carbonyl (C=O) groups is 1. The van der Waals surface area contributed by atoms with Crippen molar-refractivity contribution in [2.75, 3.05) is 0 Å². The van der Waals surface area contributed by atoms with Crippen molar-refractivity contribution in [2.24, 2.45) is 7.05 Å². The van der Waals surface area contributed by atoms with Crippen molar-refractivity contribution in [3.8, 4) is 21.9 Å². The molecule has 1 atom stereocenters. The number of aryl methyl sites for hydroxylation is 1. The van der Waals surface area contributed by atoms with Gasteiger partial charge in [-0.1, -0.05) is 45.6 Å². The number of carbonyl (C=O) groups excluding carboxylic acids is 1. The van der Waals surface area contributed by atoms with E-state index in [1.165, 1.54) is 11.3 Å². The van der Waals surface area contributed by atoms with Crippen molar-refractivity contribution in [1.82, 2.24) is 19.3 Å². The van der Waals surface area contributed by atoms with Crippen LogP contribution in [0.2, 0.25) is 0 Å². The third-order valence-electron chi connectivity index (χ3n) is 4.97. The first-order chi connectivity index (χ1) is 15.1. The highest BCUT2D eigenvalue weighted by molar-refractivity contribution is 7.44. The molecule has 3 aromatic heterocycles. The van der Waals surface area contributed by atoms with Gasteiger partial charge in [-0.25, -0.2) is 4.98 Å². The van der Waals surface area contributed by atoms with E-state index in [0.29, 0.717) is 17.2 Å². The van der Waals surface area contributed by atoms with Gasteiger partial charge in [0.05, 0.1) is 17.2 Å². The Labute approximate surface area is 185 Å². The van der Waals surface area contributed by atoms with E-state index in [9.17, 15) is 4.79 Å². The lowest BCUT2D eigenvalue weighted by atomic mass is 10.1. The summed E-state index contributed by atoms with van der Waals surface area (Å²) in [6.45, 7) is 0.404. The smallest absolute Gasteiger partial charge is 0.191 e. The molecule has 0 N–H and O–H groups in total. The lowest BCUT2D eigenvalue weighted by Crippen LogP contribution is -1.97. The van der Waals surface area contributed by atoms with Gasteiger partial charge >= 0.3 is 0 Å². The molecule has 0 aliphatic heterocycles. The molecular formula is C23H19N4O2PS. The van der Waals surface area contributed by atoms with Crippen LogP contribution in [0.1, 0.15) is 15.2 Å². The number of hydrogen-bond acceptors (Lipinski definition) is 5. The van der Waals surface area contributed by atoms with Crippen molar-refractivity contribution in [1.29, 1.82) is 0 Å². The van der Waals surface area contributed by atoms with Crippen LogP contribution in [-0.4, -0.2) is 24.9 Å². The summed E-state index contributed by atoms with van der Waals surface area (Å²) in [5, 5.41) is 5.12. The van der Waals surface area contributed by atoms with Crippen LogP contribution >= 0.6 is 20.6 Å². The summed E-state index contributed by atoms with van der Waals surface area (Å²) < 4.78 is 9.75. The van der Waals surface area contributed by atoms with Gasteiger partial charge in [0.2, 0.25) is 0 Å². The third-order valence-corrected chi connectivity index (χ3v) is 6.60. The zero-order valence-corrected chi connectivity index (χ0v) is 18.7. The van der Waals surface area contributed by atoms with Crippen molar-refractivity contribution in [3.05, 3.63) is 83.8 Å². The fourth-order valence-corrected chi connectivity index (χ4v) is 4.69. The molecule has 0 aliphatic rings. The average Bonchev–Trinajstić information content (AvgIpc) is 3.50. The Bertz CT molecular complexity index is 1390. The topological polar surface area (TPSA) is 61.9 Å². The number of nitrogens with zero attached hydrogens (tertiary/aromatic N) is 4. The molecule has 5 rings (SSSR count). The molecule has 0 fully saturated rings. The quantitative estimate of drug-likeness (QED) is 0.341. The van der Waals surface area contributed by atoms with Gasteiger partial charge in [-0.15, -0.1) is 11.3 Å². The Hall–Kier alpha value is -3.28. The summed E-state index contributed by atoms with van der Waals surface area (Å²) >= 11 is 1.39. The standard InChI is InChI=1S/C23H19N4O2PS/c1-26-12-17(11-25-26)16-7-8-19-18(9-16)24-14-27(19)21-10-20(22(31-21)23(28)30)29-13-15-5-3-2-4-6-15/h2-12,14H,13,30H2,1H3. The highest BCUT2D eigenvalue weighted by Crippen LogP contribution is 2.36. The minimum atomic E-state index is -0.0948. The third kappa shape index (κ3) is 3.90. The number of ether oxygens (including phenoxy) is 1. The van der Waals surface area contributed by atoms with E-state index in [1.807, 2.05) is 72.5 Å². The van der Waals surface area contributed by atoms with Gasteiger partial charge in [0.15, 0.2) is 5.52 Å². The van der Waals surface area contributed by atoms with Crippen LogP contribution in [0.15, 0.2) is 73.3 Å². The van der Waals surface area contributed by atoms with Gasteiger partial charge < -0.3 is 4.74 Å². The van der Waals surface area contributed by atoms with Gasteiger partial charge in [-0.2, -0.15) is 5.10 Å². The number of benzene rings is 2. The molecule has 2 aromatic carbocycles. The molecule has 6 nitrogen and oxygen atoms in total. The molecule has 0 saturated heterocycles. The normalized spacial score (nSPS) is 11.2. The Morgan fingerprint density at radius 1 is 1.13 bits per heavy atom. The lowest BCUT2D eigenvalue weighted by molar-refractivity contribution is 0.108. The van der Waals surface area contributed by atoms with Gasteiger partial charge in [0.25, 0.3) is 0 Å². The Balaban J connectivity index is 1.48. The van der Waals surface area contributed by atoms with Gasteiger partial charge in [-0.05, 0) is 23.3 Å². The zero-order chi connectivity index (χ0) is 21.4. The maximum absolute atomic E-state index is 12.2. The van der Waals surface area contributed by atoms with Crippen LogP contribution in [0, 0.1) is 0 Å². The highest BCUT2D eigenvalue weighted by atomic mass is 32.1. The predicted octanol–water partition coefficient (Wildman–Crippen LogP) is 5.08. The minimum Gasteiger partial charge on any atom is -0.487 e. The van der Waals surface area contributed by atoms with Crippen LogP contribution in [0.4, 0.5) is 0 Å². The number of imidazole rings is 1. The number of aromatic nitrogens is 4. The molecule has 0 spiro atoms. The lowest BCUT2D eigenvalue weighted by Gasteiger charge is -2.05. The molecule has 0 radical (unpaired) electrons. The summed E-state index contributed by atoms with van der Waals surface area (Å²) in [7, 11) is 4.14. The summed E-state index contributed by atoms with van der Waals surface area (Å²) in [6, 6.07) is 17.9. The van der Waals surface area contributed by atoms with E-state index < -0.39 is 0 Å². The van der Waals surface area contributed by atoms with E-state index in [0.717, 1.165) is 32.7 Å². The molecule has 5 aromatic rings. The Morgan fingerprint density at radius 2 is 1.97 bits per heavy atom. The second-order valence-electron chi connectivity index (χ2n) is 7.14. The highest BCUT2D eigenvalue weighted by Gasteiger charge is 2.17. The molecular weight excluding hydrogens is 427 g/mol. The summed E-state index contributed by atoms with van der Waals surface area (Å²) in [5.41, 5.74) is 4.90. The predicted molar refractivity (Wildman–Crippen MR) is 126 cm³/mol. The molecule has 0 saturated carbocycles. The van der Waals surface area contributed by atoms with Crippen molar-refractivity contribution in [3.63, 3.8) is 0 Å². The zero-order valence-electron chi connectivity index (χ0n) is 16.7. The molecule has 0 bridgehead atoms. The minimum absolute atomic E-state index is 0.0948. The first-order valence-electron chi connectivity index (χ1n) is 9.65. The SMILES string of the molecule is Cn1cc(-c2ccc3c(c2)ncn3-c2cc(OCc3ccccc3)c(C(=O)P)s2)cn1. The summed E-state index contributed by atoms with van der Waals surface area (Å²) in [4.78, 5) is 17.3. The van der Waals surface area contributed by atoms with E-state index in [1.54, 1.807) is 11.0 Å². The van der Waals surface area contributed by atoms with Crippen LogP contribution < -0.4 is 4.74 Å².